The lowest BCUT2D eigenvalue weighted by Crippen LogP contribution is -2.39. The van der Waals surface area contributed by atoms with Crippen molar-refractivity contribution in [2.45, 2.75) is 44.4 Å². The van der Waals surface area contributed by atoms with Gasteiger partial charge in [0.1, 0.15) is 0 Å². The number of aryl methyl sites for hydroxylation is 1. The van der Waals surface area contributed by atoms with E-state index in [9.17, 15) is 18.0 Å². The van der Waals surface area contributed by atoms with E-state index in [1.165, 1.54) is 12.3 Å². The van der Waals surface area contributed by atoms with E-state index >= 15 is 0 Å². The molecule has 1 aliphatic heterocycles. The molecule has 0 radical (unpaired) electrons. The van der Waals surface area contributed by atoms with Crippen LogP contribution in [0.4, 0.5) is 19.1 Å². The Morgan fingerprint density at radius 1 is 1.08 bits per heavy atom. The van der Waals surface area contributed by atoms with E-state index in [2.05, 4.69) is 15.0 Å². The Kier molecular flexibility index (Phi) is 6.34. The van der Waals surface area contributed by atoms with Crippen molar-refractivity contribution in [1.82, 2.24) is 24.4 Å². The fourth-order valence-electron chi connectivity index (χ4n) is 4.81. The van der Waals surface area contributed by atoms with Gasteiger partial charge in [-0.3, -0.25) is 4.79 Å². The van der Waals surface area contributed by atoms with E-state index in [1.54, 1.807) is 17.3 Å². The van der Waals surface area contributed by atoms with Crippen LogP contribution in [0.1, 0.15) is 43.0 Å². The molecule has 5 rings (SSSR count). The normalized spacial score (nSPS) is 16.4. The zero-order chi connectivity index (χ0) is 25.3. The summed E-state index contributed by atoms with van der Waals surface area (Å²) in [5, 5.41) is 0. The standard InChI is InChI=1S/C26H25F3N6O/c27-26(28,29)18-7-5-6-17(14-18)19-15-31-25(30)33-24(19)22-10-3-4-12-35(22)23(36)11-13-34-16-32-20-8-1-2-9-21(20)34/h1-2,5-9,14-16,22H,3-4,10-13H2,(H2,30,31,33)/t22-/m1/s1. The molecular weight excluding hydrogens is 469 g/mol. The first-order chi connectivity index (χ1) is 17.3. The fourth-order valence-corrected chi connectivity index (χ4v) is 4.81. The molecule has 1 saturated heterocycles. The van der Waals surface area contributed by atoms with E-state index in [4.69, 9.17) is 5.73 Å². The number of hydrogen-bond acceptors (Lipinski definition) is 5. The average molecular weight is 495 g/mol. The molecule has 10 heteroatoms. The Labute approximate surface area is 205 Å². The number of piperidine rings is 1. The van der Waals surface area contributed by atoms with Crippen LogP contribution < -0.4 is 5.73 Å². The largest absolute Gasteiger partial charge is 0.416 e. The molecule has 1 fully saturated rings. The molecule has 1 atom stereocenters. The Bertz CT molecular complexity index is 1400. The Hall–Kier alpha value is -3.95. The number of alkyl halides is 3. The third-order valence-corrected chi connectivity index (χ3v) is 6.57. The van der Waals surface area contributed by atoms with Crippen LogP contribution in [0.2, 0.25) is 0 Å². The van der Waals surface area contributed by atoms with Crippen LogP contribution in [0, 0.1) is 0 Å². The van der Waals surface area contributed by atoms with E-state index in [-0.39, 0.29) is 18.3 Å². The van der Waals surface area contributed by atoms with Gasteiger partial charge >= 0.3 is 6.18 Å². The Balaban J connectivity index is 1.44. The van der Waals surface area contributed by atoms with Gasteiger partial charge in [-0.25, -0.2) is 15.0 Å². The van der Waals surface area contributed by atoms with Crippen molar-refractivity contribution in [2.24, 2.45) is 0 Å². The summed E-state index contributed by atoms with van der Waals surface area (Å²) in [4.78, 5) is 28.0. The number of rotatable bonds is 5. The molecule has 36 heavy (non-hydrogen) atoms. The number of halogens is 3. The minimum absolute atomic E-state index is 0.0172. The van der Waals surface area contributed by atoms with Gasteiger partial charge in [0.15, 0.2) is 0 Å². The number of para-hydroxylation sites is 2. The molecule has 0 spiro atoms. The van der Waals surface area contributed by atoms with E-state index in [0.717, 1.165) is 36.0 Å². The highest BCUT2D eigenvalue weighted by Crippen LogP contribution is 2.38. The number of amides is 1. The van der Waals surface area contributed by atoms with Gasteiger partial charge in [0.2, 0.25) is 11.9 Å². The maximum Gasteiger partial charge on any atom is 0.416 e. The molecule has 7 nitrogen and oxygen atoms in total. The topological polar surface area (TPSA) is 89.9 Å². The number of fused-ring (bicyclic) bond motifs is 1. The second-order valence-corrected chi connectivity index (χ2v) is 8.88. The molecule has 1 aliphatic rings. The van der Waals surface area contributed by atoms with Crippen LogP contribution in [0.3, 0.4) is 0 Å². The van der Waals surface area contributed by atoms with E-state index in [1.807, 2.05) is 28.8 Å². The molecule has 2 N–H and O–H groups in total. The minimum Gasteiger partial charge on any atom is -0.368 e. The molecule has 0 bridgehead atoms. The highest BCUT2D eigenvalue weighted by molar-refractivity contribution is 5.79. The molecule has 0 unspecified atom stereocenters. The van der Waals surface area contributed by atoms with Crippen molar-refractivity contribution < 1.29 is 18.0 Å². The van der Waals surface area contributed by atoms with Gasteiger partial charge in [-0.15, -0.1) is 0 Å². The van der Waals surface area contributed by atoms with Crippen molar-refractivity contribution in [1.29, 1.82) is 0 Å². The number of benzene rings is 2. The molecule has 186 valence electrons. The highest BCUT2D eigenvalue weighted by Gasteiger charge is 2.33. The molecule has 3 heterocycles. The third kappa shape index (κ3) is 4.75. The monoisotopic (exact) mass is 494 g/mol. The van der Waals surface area contributed by atoms with Gasteiger partial charge in [-0.1, -0.05) is 24.3 Å². The number of aromatic nitrogens is 4. The van der Waals surface area contributed by atoms with Crippen LogP contribution >= 0.6 is 0 Å². The SMILES string of the molecule is Nc1ncc(-c2cccc(C(F)(F)F)c2)c([C@H]2CCCCN2C(=O)CCn2cnc3ccccc32)n1. The molecular formula is C26H25F3N6O. The first-order valence-electron chi connectivity index (χ1n) is 11.8. The summed E-state index contributed by atoms with van der Waals surface area (Å²) in [5.74, 6) is -0.0340. The average Bonchev–Trinajstić information content (AvgIpc) is 3.30. The number of carbonyl (C=O) groups is 1. The maximum absolute atomic E-state index is 13.4. The Morgan fingerprint density at radius 2 is 1.92 bits per heavy atom. The predicted octanol–water partition coefficient (Wildman–Crippen LogP) is 5.24. The van der Waals surface area contributed by atoms with Crippen LogP contribution in [0.15, 0.2) is 61.1 Å². The van der Waals surface area contributed by atoms with E-state index in [0.29, 0.717) is 36.3 Å². The van der Waals surface area contributed by atoms with E-state index < -0.39 is 17.8 Å². The molecule has 0 saturated carbocycles. The molecule has 2 aromatic heterocycles. The van der Waals surface area contributed by atoms with Gasteiger partial charge in [-0.2, -0.15) is 13.2 Å². The number of nitrogen functional groups attached to an aromatic ring is 1. The minimum atomic E-state index is -4.48. The molecule has 4 aromatic rings. The number of carbonyl (C=O) groups excluding carboxylic acids is 1. The molecule has 1 amide bonds. The fraction of sp³-hybridized carbons (Fsp3) is 0.308. The lowest BCUT2D eigenvalue weighted by molar-refractivity contribution is -0.137. The summed E-state index contributed by atoms with van der Waals surface area (Å²) < 4.78 is 42.0. The predicted molar refractivity (Wildman–Crippen MR) is 130 cm³/mol. The van der Waals surface area contributed by atoms with Gasteiger partial charge in [0, 0.05) is 31.3 Å². The summed E-state index contributed by atoms with van der Waals surface area (Å²) in [6.07, 6.45) is 1.31. The number of nitrogens with two attached hydrogens (primary N) is 1. The number of hydrogen-bond donors (Lipinski definition) is 1. The second kappa shape index (κ2) is 9.60. The summed E-state index contributed by atoms with van der Waals surface area (Å²) in [5.41, 5.74) is 8.21. The zero-order valence-electron chi connectivity index (χ0n) is 19.4. The van der Waals surface area contributed by atoms with Crippen molar-refractivity contribution in [3.05, 3.63) is 72.3 Å². The summed E-state index contributed by atoms with van der Waals surface area (Å²) in [7, 11) is 0. The number of anilines is 1. The first kappa shape index (κ1) is 23.8. The quantitative estimate of drug-likeness (QED) is 0.410. The second-order valence-electron chi connectivity index (χ2n) is 8.88. The van der Waals surface area contributed by atoms with Gasteiger partial charge < -0.3 is 15.2 Å². The number of likely N-dealkylation sites (tertiary alicyclic amines) is 1. The van der Waals surface area contributed by atoms with Crippen molar-refractivity contribution >= 4 is 22.9 Å². The molecule has 0 aliphatic carbocycles. The molecule has 2 aromatic carbocycles. The third-order valence-electron chi connectivity index (χ3n) is 6.57. The van der Waals surface area contributed by atoms with Crippen molar-refractivity contribution in [3.8, 4) is 11.1 Å². The number of nitrogens with zero attached hydrogens (tertiary/aromatic N) is 5. The number of imidazole rings is 1. The summed E-state index contributed by atoms with van der Waals surface area (Å²) >= 11 is 0. The van der Waals surface area contributed by atoms with Crippen molar-refractivity contribution in [3.63, 3.8) is 0 Å². The van der Waals surface area contributed by atoms with Gasteiger partial charge in [-0.05, 0) is 49.1 Å². The van der Waals surface area contributed by atoms with Crippen molar-refractivity contribution in [2.75, 3.05) is 12.3 Å². The maximum atomic E-state index is 13.4. The first-order valence-corrected chi connectivity index (χ1v) is 11.8. The lowest BCUT2D eigenvalue weighted by atomic mass is 9.93. The zero-order valence-corrected chi connectivity index (χ0v) is 19.4. The van der Waals surface area contributed by atoms with Gasteiger partial charge in [0.25, 0.3) is 0 Å². The smallest absolute Gasteiger partial charge is 0.368 e. The van der Waals surface area contributed by atoms with Crippen LogP contribution in [-0.4, -0.2) is 36.9 Å². The van der Waals surface area contributed by atoms with Gasteiger partial charge in [0.05, 0.1) is 34.7 Å². The van der Waals surface area contributed by atoms with Crippen LogP contribution in [0.25, 0.3) is 22.2 Å². The summed E-state index contributed by atoms with van der Waals surface area (Å²) in [6, 6.07) is 12.4. The Morgan fingerprint density at radius 3 is 2.75 bits per heavy atom. The van der Waals surface area contributed by atoms with Crippen LogP contribution in [0.5, 0.6) is 0 Å². The van der Waals surface area contributed by atoms with Crippen LogP contribution in [-0.2, 0) is 17.5 Å². The highest BCUT2D eigenvalue weighted by atomic mass is 19.4. The lowest BCUT2D eigenvalue weighted by Gasteiger charge is -2.36. The summed E-state index contributed by atoms with van der Waals surface area (Å²) in [6.45, 7) is 1.01.